The van der Waals surface area contributed by atoms with Crippen molar-refractivity contribution in [3.05, 3.63) is 18.2 Å². The quantitative estimate of drug-likeness (QED) is 0.786. The van der Waals surface area contributed by atoms with Gasteiger partial charge < -0.3 is 19.7 Å². The molecule has 3 aliphatic rings. The van der Waals surface area contributed by atoms with Crippen LogP contribution in [0.4, 0.5) is 5.69 Å². The molecule has 1 saturated carbocycles. The van der Waals surface area contributed by atoms with Crippen molar-refractivity contribution in [2.45, 2.75) is 50.4 Å². The zero-order valence-electron chi connectivity index (χ0n) is 15.6. The number of carbonyl (C=O) groups is 1. The van der Waals surface area contributed by atoms with Crippen LogP contribution in [0.3, 0.4) is 0 Å². The molecule has 0 bridgehead atoms. The number of fused-ring (bicyclic) bond motifs is 1. The number of carbonyl (C=O) groups excluding carboxylic acids is 1. The first kappa shape index (κ1) is 18.6. The molecular weight excluding hydrogens is 368 g/mol. The van der Waals surface area contributed by atoms with Gasteiger partial charge in [0.15, 0.2) is 27.9 Å². The molecule has 1 unspecified atom stereocenters. The number of amides is 1. The second kappa shape index (κ2) is 6.98. The molecule has 1 spiro atoms. The standard InChI is InChI=1S/C19H26N2O5S/c1-21(15-7-10-27(23,24)13-15)12-18(22)20-14-5-6-16-17(11-14)26-19(25-16)8-3-2-4-9-19/h5-6,11,15H,2-4,7-10,12-13H2,1H3,(H,20,22)/p+1/t15-/m1/s1. The topological polar surface area (TPSA) is 86.1 Å². The SMILES string of the molecule is C[NH+](CC(=O)Nc1ccc2c(c1)OC1(CCCCC1)O2)[C@@H]1CCS(=O)(=O)C1. The van der Waals surface area contributed by atoms with E-state index in [4.69, 9.17) is 9.47 Å². The van der Waals surface area contributed by atoms with Gasteiger partial charge in [-0.1, -0.05) is 6.42 Å². The average molecular weight is 396 g/mol. The Morgan fingerprint density at radius 2 is 1.96 bits per heavy atom. The summed E-state index contributed by atoms with van der Waals surface area (Å²) in [7, 11) is -1.07. The van der Waals surface area contributed by atoms with Crippen LogP contribution >= 0.6 is 0 Å². The van der Waals surface area contributed by atoms with E-state index >= 15 is 0 Å². The van der Waals surface area contributed by atoms with E-state index in [-0.39, 0.29) is 30.0 Å². The number of rotatable bonds is 4. The van der Waals surface area contributed by atoms with Crippen LogP contribution in [-0.4, -0.2) is 51.3 Å². The fourth-order valence-electron chi connectivity index (χ4n) is 4.25. The summed E-state index contributed by atoms with van der Waals surface area (Å²) in [6, 6.07) is 5.46. The Hall–Kier alpha value is -1.80. The van der Waals surface area contributed by atoms with Gasteiger partial charge in [0.2, 0.25) is 0 Å². The van der Waals surface area contributed by atoms with Crippen LogP contribution < -0.4 is 19.7 Å². The zero-order valence-corrected chi connectivity index (χ0v) is 16.4. The van der Waals surface area contributed by atoms with Crippen LogP contribution in [0.1, 0.15) is 38.5 Å². The summed E-state index contributed by atoms with van der Waals surface area (Å²) in [4.78, 5) is 13.3. The lowest BCUT2D eigenvalue weighted by molar-refractivity contribution is -0.894. The van der Waals surface area contributed by atoms with Crippen molar-refractivity contribution in [3.63, 3.8) is 0 Å². The summed E-state index contributed by atoms with van der Waals surface area (Å²) in [6.07, 6.45) is 5.81. The van der Waals surface area contributed by atoms with Gasteiger partial charge in [-0.2, -0.15) is 0 Å². The Labute approximate surface area is 159 Å². The number of likely N-dealkylation sites (N-methyl/N-ethyl adjacent to an activating group) is 1. The maximum atomic E-state index is 12.4. The van der Waals surface area contributed by atoms with E-state index in [9.17, 15) is 13.2 Å². The molecule has 2 aliphatic heterocycles. The predicted molar refractivity (Wildman–Crippen MR) is 101 cm³/mol. The van der Waals surface area contributed by atoms with Gasteiger partial charge >= 0.3 is 0 Å². The van der Waals surface area contributed by atoms with Crippen molar-refractivity contribution in [3.8, 4) is 11.5 Å². The number of quaternary nitrogens is 1. The minimum absolute atomic E-state index is 0.0105. The van der Waals surface area contributed by atoms with Crippen molar-refractivity contribution in [2.24, 2.45) is 0 Å². The molecule has 2 atom stereocenters. The van der Waals surface area contributed by atoms with Crippen LogP contribution in [-0.2, 0) is 14.6 Å². The second-order valence-electron chi connectivity index (χ2n) is 8.01. The van der Waals surface area contributed by atoms with Gasteiger partial charge in [0.1, 0.15) is 11.8 Å². The number of nitrogens with one attached hydrogen (secondary N) is 2. The Morgan fingerprint density at radius 1 is 1.22 bits per heavy atom. The Kier molecular flexibility index (Phi) is 4.80. The first-order chi connectivity index (χ1) is 12.8. The maximum Gasteiger partial charge on any atom is 0.279 e. The lowest BCUT2D eigenvalue weighted by atomic mass is 9.94. The Balaban J connectivity index is 1.35. The molecule has 1 amide bonds. The predicted octanol–water partition coefficient (Wildman–Crippen LogP) is 0.758. The molecular formula is C19H27N2O5S+. The monoisotopic (exact) mass is 395 g/mol. The summed E-state index contributed by atoms with van der Waals surface area (Å²) < 4.78 is 35.4. The first-order valence-corrected chi connectivity index (χ1v) is 11.5. The largest absolute Gasteiger partial charge is 0.448 e. The van der Waals surface area contributed by atoms with Gasteiger partial charge in [-0.05, 0) is 25.0 Å². The van der Waals surface area contributed by atoms with Gasteiger partial charge in [-0.3, -0.25) is 4.79 Å². The number of benzene rings is 1. The molecule has 1 aromatic carbocycles. The third kappa shape index (κ3) is 4.06. The molecule has 1 aliphatic carbocycles. The second-order valence-corrected chi connectivity index (χ2v) is 10.2. The smallest absolute Gasteiger partial charge is 0.279 e. The van der Waals surface area contributed by atoms with Crippen LogP contribution in [0, 0.1) is 0 Å². The van der Waals surface area contributed by atoms with Crippen LogP contribution in [0.2, 0.25) is 0 Å². The molecule has 2 N–H and O–H groups in total. The zero-order chi connectivity index (χ0) is 19.1. The number of hydrogen-bond donors (Lipinski definition) is 2. The van der Waals surface area contributed by atoms with Crippen LogP contribution in [0.25, 0.3) is 0 Å². The minimum atomic E-state index is -2.94. The van der Waals surface area contributed by atoms with Crippen molar-refractivity contribution >= 4 is 21.4 Å². The number of ether oxygens (including phenoxy) is 2. The molecule has 0 radical (unpaired) electrons. The maximum absolute atomic E-state index is 12.4. The van der Waals surface area contributed by atoms with Gasteiger partial charge in [0.05, 0.1) is 12.8 Å². The number of anilines is 1. The van der Waals surface area contributed by atoms with Crippen molar-refractivity contribution < 1.29 is 27.6 Å². The van der Waals surface area contributed by atoms with Crippen molar-refractivity contribution in [1.29, 1.82) is 0 Å². The molecule has 7 nitrogen and oxygen atoms in total. The molecule has 27 heavy (non-hydrogen) atoms. The minimum Gasteiger partial charge on any atom is -0.448 e. The Morgan fingerprint density at radius 3 is 2.67 bits per heavy atom. The molecule has 1 aromatic rings. The molecule has 148 valence electrons. The normalized spacial score (nSPS) is 26.0. The molecule has 4 rings (SSSR count). The third-order valence-electron chi connectivity index (χ3n) is 5.80. The van der Waals surface area contributed by atoms with E-state index in [0.29, 0.717) is 17.9 Å². The molecule has 2 heterocycles. The van der Waals surface area contributed by atoms with E-state index in [0.717, 1.165) is 36.3 Å². The summed E-state index contributed by atoms with van der Waals surface area (Å²) in [6.45, 7) is 0.235. The van der Waals surface area contributed by atoms with Gasteiger partial charge in [0.25, 0.3) is 11.7 Å². The lowest BCUT2D eigenvalue weighted by Gasteiger charge is -2.31. The van der Waals surface area contributed by atoms with Gasteiger partial charge in [-0.15, -0.1) is 0 Å². The summed E-state index contributed by atoms with van der Waals surface area (Å²) in [5.74, 6) is 1.13. The molecule has 2 fully saturated rings. The van der Waals surface area contributed by atoms with Crippen LogP contribution in [0.15, 0.2) is 18.2 Å². The molecule has 1 saturated heterocycles. The number of hydrogen-bond acceptors (Lipinski definition) is 5. The van der Waals surface area contributed by atoms with E-state index < -0.39 is 15.6 Å². The number of sulfone groups is 1. The van der Waals surface area contributed by atoms with E-state index in [1.165, 1.54) is 6.42 Å². The molecule has 0 aromatic heterocycles. The summed E-state index contributed by atoms with van der Waals surface area (Å²) in [5, 5.41) is 2.89. The summed E-state index contributed by atoms with van der Waals surface area (Å²) >= 11 is 0. The molecule has 8 heteroatoms. The van der Waals surface area contributed by atoms with E-state index in [2.05, 4.69) is 5.32 Å². The highest BCUT2D eigenvalue weighted by molar-refractivity contribution is 7.91. The fraction of sp³-hybridized carbons (Fsp3) is 0.632. The van der Waals surface area contributed by atoms with E-state index in [1.807, 2.05) is 25.2 Å². The van der Waals surface area contributed by atoms with Gasteiger partial charge in [0, 0.05) is 31.0 Å². The Bertz CT molecular complexity index is 833. The fourth-order valence-corrected chi connectivity index (χ4v) is 6.13. The highest BCUT2D eigenvalue weighted by Crippen LogP contribution is 2.46. The highest BCUT2D eigenvalue weighted by atomic mass is 32.2. The van der Waals surface area contributed by atoms with E-state index in [1.54, 1.807) is 0 Å². The van der Waals surface area contributed by atoms with Crippen LogP contribution in [0.5, 0.6) is 11.5 Å². The average Bonchev–Trinajstić information content (AvgIpc) is 3.14. The van der Waals surface area contributed by atoms with Gasteiger partial charge in [-0.25, -0.2) is 8.42 Å². The summed E-state index contributed by atoms with van der Waals surface area (Å²) in [5.41, 5.74) is 0.669. The lowest BCUT2D eigenvalue weighted by Crippen LogP contribution is -3.14. The van der Waals surface area contributed by atoms with Crippen molar-refractivity contribution in [1.82, 2.24) is 0 Å². The first-order valence-electron chi connectivity index (χ1n) is 9.69. The highest BCUT2D eigenvalue weighted by Gasteiger charge is 2.42. The van der Waals surface area contributed by atoms with Crippen molar-refractivity contribution in [2.75, 3.05) is 30.4 Å². The third-order valence-corrected chi connectivity index (χ3v) is 7.57.